The van der Waals surface area contributed by atoms with Gasteiger partial charge in [-0.15, -0.1) is 0 Å². The number of rotatable bonds is 3. The first kappa shape index (κ1) is 11.5. The van der Waals surface area contributed by atoms with E-state index in [0.717, 1.165) is 10.0 Å². The highest BCUT2D eigenvalue weighted by atomic mass is 79.9. The van der Waals surface area contributed by atoms with E-state index in [-0.39, 0.29) is 6.42 Å². The molecule has 1 aromatic carbocycles. The van der Waals surface area contributed by atoms with E-state index < -0.39 is 11.9 Å². The van der Waals surface area contributed by atoms with Crippen molar-refractivity contribution in [2.24, 2.45) is 11.5 Å². The maximum absolute atomic E-state index is 10.7. The highest BCUT2D eigenvalue weighted by Gasteiger charge is 2.12. The monoisotopic (exact) mass is 276 g/mol. The summed E-state index contributed by atoms with van der Waals surface area (Å²) in [4.78, 5) is 10.7. The van der Waals surface area contributed by atoms with Crippen molar-refractivity contribution in [1.82, 2.24) is 0 Å². The van der Waals surface area contributed by atoms with E-state index in [1.165, 1.54) is 0 Å². The van der Waals surface area contributed by atoms with Gasteiger partial charge >= 0.3 is 0 Å². The fourth-order valence-corrected chi connectivity index (χ4v) is 1.94. The fraction of sp³-hybridized carbons (Fsp3) is 0.222. The molecule has 1 atom stereocenters. The maximum atomic E-state index is 10.7. The van der Waals surface area contributed by atoms with Crippen molar-refractivity contribution in [3.63, 3.8) is 0 Å². The Morgan fingerprint density at radius 2 is 2.21 bits per heavy atom. The standard InChI is InChI=1S/C9H10BrClN2O/c10-5-1-2-6(7(11)3-5)8(12)4-9(13)14/h1-3,8H,4,12H2,(H2,13,14)/t8-/m1/s1. The van der Waals surface area contributed by atoms with E-state index in [1.807, 2.05) is 6.07 Å². The largest absolute Gasteiger partial charge is 0.370 e. The zero-order chi connectivity index (χ0) is 10.7. The van der Waals surface area contributed by atoms with Crippen LogP contribution in [0.25, 0.3) is 0 Å². The Morgan fingerprint density at radius 1 is 1.57 bits per heavy atom. The highest BCUT2D eigenvalue weighted by Crippen LogP contribution is 2.26. The molecule has 5 heteroatoms. The average Bonchev–Trinajstić information content (AvgIpc) is 2.01. The number of hydrogen-bond acceptors (Lipinski definition) is 2. The van der Waals surface area contributed by atoms with Gasteiger partial charge in [-0.3, -0.25) is 4.79 Å². The van der Waals surface area contributed by atoms with Gasteiger partial charge in [0.15, 0.2) is 0 Å². The third-order valence-electron chi connectivity index (χ3n) is 1.78. The molecule has 14 heavy (non-hydrogen) atoms. The topological polar surface area (TPSA) is 69.1 Å². The van der Waals surface area contributed by atoms with E-state index in [9.17, 15) is 4.79 Å². The summed E-state index contributed by atoms with van der Waals surface area (Å²) in [5.74, 6) is -0.434. The lowest BCUT2D eigenvalue weighted by Gasteiger charge is -2.11. The van der Waals surface area contributed by atoms with E-state index in [2.05, 4.69) is 15.9 Å². The van der Waals surface area contributed by atoms with Crippen LogP contribution in [-0.2, 0) is 4.79 Å². The first-order chi connectivity index (χ1) is 6.50. The molecule has 4 N–H and O–H groups in total. The number of halogens is 2. The number of amides is 1. The van der Waals surface area contributed by atoms with Crippen LogP contribution in [0.3, 0.4) is 0 Å². The van der Waals surface area contributed by atoms with E-state index in [4.69, 9.17) is 23.1 Å². The summed E-state index contributed by atoms with van der Waals surface area (Å²) in [6.07, 6.45) is 0.0986. The molecule has 1 amide bonds. The maximum Gasteiger partial charge on any atom is 0.219 e. The molecular formula is C9H10BrClN2O. The minimum atomic E-state index is -0.437. The fourth-order valence-electron chi connectivity index (χ4n) is 1.13. The van der Waals surface area contributed by atoms with Crippen molar-refractivity contribution in [1.29, 1.82) is 0 Å². The quantitative estimate of drug-likeness (QED) is 0.887. The smallest absolute Gasteiger partial charge is 0.219 e. The van der Waals surface area contributed by atoms with Gasteiger partial charge in [0.1, 0.15) is 0 Å². The Kier molecular flexibility index (Phi) is 3.92. The van der Waals surface area contributed by atoms with Gasteiger partial charge in [0.2, 0.25) is 5.91 Å². The van der Waals surface area contributed by atoms with Gasteiger partial charge in [-0.1, -0.05) is 33.6 Å². The molecule has 0 aromatic heterocycles. The van der Waals surface area contributed by atoms with E-state index in [1.54, 1.807) is 12.1 Å². The number of hydrogen-bond donors (Lipinski definition) is 2. The van der Waals surface area contributed by atoms with Gasteiger partial charge in [-0.05, 0) is 17.7 Å². The molecule has 0 aliphatic heterocycles. The Labute approximate surface area is 95.5 Å². The molecule has 0 radical (unpaired) electrons. The zero-order valence-corrected chi connectivity index (χ0v) is 9.68. The zero-order valence-electron chi connectivity index (χ0n) is 7.34. The molecule has 1 aromatic rings. The molecule has 0 fully saturated rings. The van der Waals surface area contributed by atoms with Crippen LogP contribution in [0.1, 0.15) is 18.0 Å². The van der Waals surface area contributed by atoms with Crippen LogP contribution in [0.15, 0.2) is 22.7 Å². The molecule has 0 bridgehead atoms. The molecule has 76 valence electrons. The van der Waals surface area contributed by atoms with E-state index in [0.29, 0.717) is 5.02 Å². The summed E-state index contributed by atoms with van der Waals surface area (Å²) in [6, 6.07) is 4.90. The van der Waals surface area contributed by atoms with Crippen LogP contribution in [0.2, 0.25) is 5.02 Å². The summed E-state index contributed by atoms with van der Waals surface area (Å²) < 4.78 is 0.873. The minimum Gasteiger partial charge on any atom is -0.370 e. The van der Waals surface area contributed by atoms with Gasteiger partial charge in [0, 0.05) is 22.0 Å². The summed E-state index contributed by atoms with van der Waals surface area (Å²) in [7, 11) is 0. The third kappa shape index (κ3) is 2.97. The summed E-state index contributed by atoms with van der Waals surface area (Å²) in [5, 5.41) is 0.535. The van der Waals surface area contributed by atoms with Gasteiger partial charge in [-0.25, -0.2) is 0 Å². The van der Waals surface area contributed by atoms with Crippen molar-refractivity contribution < 1.29 is 4.79 Å². The minimum absolute atomic E-state index is 0.0986. The lowest BCUT2D eigenvalue weighted by Crippen LogP contribution is -2.20. The molecule has 0 saturated carbocycles. The van der Waals surface area contributed by atoms with Crippen LogP contribution in [0.4, 0.5) is 0 Å². The molecule has 0 heterocycles. The van der Waals surface area contributed by atoms with E-state index >= 15 is 0 Å². The first-order valence-corrected chi connectivity index (χ1v) is 5.16. The second kappa shape index (κ2) is 4.77. The van der Waals surface area contributed by atoms with Crippen molar-refractivity contribution in [2.75, 3.05) is 0 Å². The Morgan fingerprint density at radius 3 is 2.71 bits per heavy atom. The van der Waals surface area contributed by atoms with Crippen LogP contribution in [0, 0.1) is 0 Å². The van der Waals surface area contributed by atoms with Gasteiger partial charge in [0.05, 0.1) is 0 Å². The molecule has 0 unspecified atom stereocenters. The van der Waals surface area contributed by atoms with Gasteiger partial charge in [-0.2, -0.15) is 0 Å². The van der Waals surface area contributed by atoms with Crippen LogP contribution < -0.4 is 11.5 Å². The third-order valence-corrected chi connectivity index (χ3v) is 2.60. The second-order valence-corrected chi connectivity index (χ2v) is 4.27. The van der Waals surface area contributed by atoms with Crippen LogP contribution in [0.5, 0.6) is 0 Å². The van der Waals surface area contributed by atoms with Crippen molar-refractivity contribution in [2.45, 2.75) is 12.5 Å². The lowest BCUT2D eigenvalue weighted by atomic mass is 10.0. The Bertz CT molecular complexity index is 357. The van der Waals surface area contributed by atoms with Crippen molar-refractivity contribution in [3.05, 3.63) is 33.3 Å². The molecule has 0 aliphatic carbocycles. The first-order valence-electron chi connectivity index (χ1n) is 3.99. The van der Waals surface area contributed by atoms with Gasteiger partial charge in [0.25, 0.3) is 0 Å². The predicted octanol–water partition coefficient (Wildman–Crippen LogP) is 1.98. The lowest BCUT2D eigenvalue weighted by molar-refractivity contribution is -0.118. The normalized spacial score (nSPS) is 12.5. The summed E-state index contributed by atoms with van der Waals surface area (Å²) in [6.45, 7) is 0. The molecule has 3 nitrogen and oxygen atoms in total. The predicted molar refractivity (Wildman–Crippen MR) is 59.9 cm³/mol. The van der Waals surface area contributed by atoms with Crippen molar-refractivity contribution >= 4 is 33.4 Å². The summed E-state index contributed by atoms with van der Waals surface area (Å²) in [5.41, 5.74) is 11.5. The van der Waals surface area contributed by atoms with Crippen LogP contribution in [-0.4, -0.2) is 5.91 Å². The molecule has 0 aliphatic rings. The molecular weight excluding hydrogens is 267 g/mol. The SMILES string of the molecule is NC(=O)C[C@@H](N)c1ccc(Br)cc1Cl. The van der Waals surface area contributed by atoms with Crippen molar-refractivity contribution in [3.8, 4) is 0 Å². The number of carbonyl (C=O) groups excluding carboxylic acids is 1. The number of carbonyl (C=O) groups is 1. The van der Waals surface area contributed by atoms with Crippen LogP contribution >= 0.6 is 27.5 Å². The Balaban J connectivity index is 2.90. The Hall–Kier alpha value is -0.580. The number of nitrogens with two attached hydrogens (primary N) is 2. The second-order valence-electron chi connectivity index (χ2n) is 2.94. The highest BCUT2D eigenvalue weighted by molar-refractivity contribution is 9.10. The van der Waals surface area contributed by atoms with Gasteiger partial charge < -0.3 is 11.5 Å². The number of benzene rings is 1. The summed E-state index contributed by atoms with van der Waals surface area (Å²) >= 11 is 9.23. The molecule has 1 rings (SSSR count). The molecule has 0 saturated heterocycles. The average molecular weight is 278 g/mol. The number of primary amides is 1. The molecule has 0 spiro atoms.